The van der Waals surface area contributed by atoms with E-state index in [0.29, 0.717) is 12.0 Å². The van der Waals surface area contributed by atoms with Crippen molar-refractivity contribution in [1.82, 2.24) is 4.90 Å². The van der Waals surface area contributed by atoms with Crippen molar-refractivity contribution < 1.29 is 4.79 Å². The second-order valence-corrected chi connectivity index (χ2v) is 7.74. The number of carbonyl (C=O) groups is 1. The predicted molar refractivity (Wildman–Crippen MR) is 82.8 cm³/mol. The molecule has 0 radical (unpaired) electrons. The van der Waals surface area contributed by atoms with Crippen molar-refractivity contribution in [2.45, 2.75) is 42.0 Å². The maximum Gasteiger partial charge on any atom is 0.246 e. The van der Waals surface area contributed by atoms with E-state index in [1.165, 1.54) is 24.8 Å². The molecule has 0 bridgehead atoms. The first-order valence-electron chi connectivity index (χ1n) is 7.42. The molecule has 0 aromatic heterocycles. The van der Waals surface area contributed by atoms with E-state index >= 15 is 0 Å². The fourth-order valence-electron chi connectivity index (χ4n) is 4.06. The predicted octanol–water partition coefficient (Wildman–Crippen LogP) is 3.59. The molecule has 4 rings (SSSR count). The molecule has 2 aliphatic heterocycles. The second kappa shape index (κ2) is 4.67. The fraction of sp³-hybridized carbons (Fsp3) is 0.562. The molecule has 106 valence electrons. The van der Waals surface area contributed by atoms with Crippen LogP contribution in [0.1, 0.15) is 31.2 Å². The van der Waals surface area contributed by atoms with Gasteiger partial charge in [-0.25, -0.2) is 0 Å². The Morgan fingerprint density at radius 3 is 2.75 bits per heavy atom. The van der Waals surface area contributed by atoms with Crippen LogP contribution in [0.3, 0.4) is 0 Å². The Kier molecular flexibility index (Phi) is 3.04. The molecule has 1 aromatic rings. The average molecular weight is 308 g/mol. The molecule has 2 heterocycles. The average Bonchev–Trinajstić information content (AvgIpc) is 2.53. The van der Waals surface area contributed by atoms with Crippen LogP contribution in [0.25, 0.3) is 0 Å². The topological polar surface area (TPSA) is 20.3 Å². The molecule has 1 aromatic carbocycles. The molecule has 0 N–H and O–H groups in total. The molecule has 1 saturated carbocycles. The number of fused-ring (bicyclic) bond motifs is 3. The van der Waals surface area contributed by atoms with Gasteiger partial charge in [0.15, 0.2) is 0 Å². The number of thioether (sulfide) groups is 1. The SMILES string of the molecule is O=C1[C@H](Cl)[C@@]2(c3ccccc3)SC[C@@H]3CCCC[C@H]3N12. The second-order valence-electron chi connectivity index (χ2n) is 6.06. The molecule has 3 aliphatic rings. The van der Waals surface area contributed by atoms with E-state index in [0.717, 1.165) is 12.2 Å². The Morgan fingerprint density at radius 2 is 1.95 bits per heavy atom. The number of amides is 1. The summed E-state index contributed by atoms with van der Waals surface area (Å²) in [6, 6.07) is 10.7. The third-order valence-corrected chi connectivity index (χ3v) is 7.40. The zero-order chi connectivity index (χ0) is 13.7. The van der Waals surface area contributed by atoms with E-state index < -0.39 is 5.38 Å². The minimum Gasteiger partial charge on any atom is -0.317 e. The van der Waals surface area contributed by atoms with E-state index in [1.807, 2.05) is 30.0 Å². The van der Waals surface area contributed by atoms with Crippen LogP contribution in [0, 0.1) is 5.92 Å². The van der Waals surface area contributed by atoms with Crippen molar-refractivity contribution in [3.8, 4) is 0 Å². The van der Waals surface area contributed by atoms with Crippen molar-refractivity contribution >= 4 is 29.3 Å². The summed E-state index contributed by atoms with van der Waals surface area (Å²) in [5.41, 5.74) is 1.19. The highest BCUT2D eigenvalue weighted by Crippen LogP contribution is 2.59. The van der Waals surface area contributed by atoms with Crippen LogP contribution in [0.15, 0.2) is 30.3 Å². The molecule has 0 spiro atoms. The number of alkyl halides is 1. The van der Waals surface area contributed by atoms with Gasteiger partial charge in [-0.05, 0) is 24.3 Å². The minimum atomic E-state index is -0.405. The molecule has 20 heavy (non-hydrogen) atoms. The van der Waals surface area contributed by atoms with Gasteiger partial charge in [0.05, 0.1) is 0 Å². The number of hydrogen-bond acceptors (Lipinski definition) is 2. The first-order chi connectivity index (χ1) is 9.75. The summed E-state index contributed by atoms with van der Waals surface area (Å²) in [6.45, 7) is 0. The summed E-state index contributed by atoms with van der Waals surface area (Å²) in [5, 5.41) is -0.405. The quantitative estimate of drug-likeness (QED) is 0.584. The summed E-state index contributed by atoms with van der Waals surface area (Å²) in [5.74, 6) is 1.94. The number of hydrogen-bond donors (Lipinski definition) is 0. The summed E-state index contributed by atoms with van der Waals surface area (Å²) in [6.07, 6.45) is 4.97. The van der Waals surface area contributed by atoms with Gasteiger partial charge in [-0.3, -0.25) is 4.79 Å². The first-order valence-corrected chi connectivity index (χ1v) is 8.84. The molecule has 4 heteroatoms. The number of benzene rings is 1. The van der Waals surface area contributed by atoms with Gasteiger partial charge < -0.3 is 4.90 Å². The van der Waals surface area contributed by atoms with Crippen molar-refractivity contribution in [3.05, 3.63) is 35.9 Å². The van der Waals surface area contributed by atoms with Gasteiger partial charge in [0, 0.05) is 11.8 Å². The Bertz CT molecular complexity index is 537. The Labute approximate surface area is 128 Å². The molecular weight excluding hydrogens is 290 g/mol. The molecule has 2 nitrogen and oxygen atoms in total. The number of halogens is 1. The minimum absolute atomic E-state index is 0.139. The molecule has 1 aliphatic carbocycles. The Hall–Kier alpha value is -0.670. The zero-order valence-corrected chi connectivity index (χ0v) is 12.9. The van der Waals surface area contributed by atoms with Crippen LogP contribution in [-0.2, 0) is 9.67 Å². The van der Waals surface area contributed by atoms with E-state index in [9.17, 15) is 4.79 Å². The van der Waals surface area contributed by atoms with Gasteiger partial charge in [-0.15, -0.1) is 23.4 Å². The monoisotopic (exact) mass is 307 g/mol. The highest BCUT2D eigenvalue weighted by Gasteiger charge is 2.66. The molecular formula is C16H18ClNOS. The van der Waals surface area contributed by atoms with Crippen LogP contribution in [0.5, 0.6) is 0 Å². The molecule has 3 fully saturated rings. The summed E-state index contributed by atoms with van der Waals surface area (Å²) < 4.78 is 0. The first kappa shape index (κ1) is 13.0. The van der Waals surface area contributed by atoms with Gasteiger partial charge in [-0.1, -0.05) is 43.2 Å². The maximum atomic E-state index is 12.4. The van der Waals surface area contributed by atoms with E-state index in [4.69, 9.17) is 11.6 Å². The molecule has 4 atom stereocenters. The lowest BCUT2D eigenvalue weighted by molar-refractivity contribution is -0.157. The summed E-state index contributed by atoms with van der Waals surface area (Å²) in [4.78, 5) is 14.2. The third-order valence-electron chi connectivity index (χ3n) is 5.06. The van der Waals surface area contributed by atoms with Crippen LogP contribution in [0.2, 0.25) is 0 Å². The third kappa shape index (κ3) is 1.57. The largest absolute Gasteiger partial charge is 0.317 e. The lowest BCUT2D eigenvalue weighted by Gasteiger charge is -2.63. The molecule has 0 unspecified atom stereocenters. The van der Waals surface area contributed by atoms with Crippen molar-refractivity contribution in [2.24, 2.45) is 5.92 Å². The van der Waals surface area contributed by atoms with Gasteiger partial charge in [0.2, 0.25) is 5.91 Å². The maximum absolute atomic E-state index is 12.4. The zero-order valence-electron chi connectivity index (χ0n) is 11.3. The molecule has 2 saturated heterocycles. The standard InChI is InChI=1S/C16H18ClNOS/c17-14-15(19)18-13-9-5-4-6-11(13)10-20-16(14,18)12-7-2-1-3-8-12/h1-3,7-8,11,13-14H,4-6,9-10H2/t11-,13+,14-,16+/m0/s1. The fourth-order valence-corrected chi connectivity index (χ4v) is 6.36. The lowest BCUT2D eigenvalue weighted by atomic mass is 9.79. The summed E-state index contributed by atoms with van der Waals surface area (Å²) >= 11 is 8.37. The van der Waals surface area contributed by atoms with Gasteiger partial charge in [0.25, 0.3) is 0 Å². The van der Waals surface area contributed by atoms with E-state index in [-0.39, 0.29) is 10.8 Å². The van der Waals surface area contributed by atoms with Gasteiger partial charge >= 0.3 is 0 Å². The number of nitrogens with zero attached hydrogens (tertiary/aromatic N) is 1. The van der Waals surface area contributed by atoms with Crippen molar-refractivity contribution in [1.29, 1.82) is 0 Å². The van der Waals surface area contributed by atoms with Gasteiger partial charge in [0.1, 0.15) is 10.2 Å². The number of carbonyl (C=O) groups excluding carboxylic acids is 1. The normalized spacial score (nSPS) is 39.8. The van der Waals surface area contributed by atoms with Crippen molar-refractivity contribution in [3.63, 3.8) is 0 Å². The number of β-lactam (4-membered cyclic amide) rings is 1. The van der Waals surface area contributed by atoms with E-state index in [2.05, 4.69) is 17.0 Å². The van der Waals surface area contributed by atoms with Gasteiger partial charge in [-0.2, -0.15) is 0 Å². The number of rotatable bonds is 1. The highest BCUT2D eigenvalue weighted by atomic mass is 35.5. The van der Waals surface area contributed by atoms with Crippen molar-refractivity contribution in [2.75, 3.05) is 5.75 Å². The van der Waals surface area contributed by atoms with Crippen LogP contribution in [0.4, 0.5) is 0 Å². The van der Waals surface area contributed by atoms with Crippen LogP contribution in [-0.4, -0.2) is 28.0 Å². The van der Waals surface area contributed by atoms with Crippen LogP contribution >= 0.6 is 23.4 Å². The van der Waals surface area contributed by atoms with E-state index in [1.54, 1.807) is 0 Å². The molecule has 1 amide bonds. The van der Waals surface area contributed by atoms with Crippen LogP contribution < -0.4 is 0 Å². The Morgan fingerprint density at radius 1 is 1.20 bits per heavy atom. The summed E-state index contributed by atoms with van der Waals surface area (Å²) in [7, 11) is 0. The lowest BCUT2D eigenvalue weighted by Crippen LogP contribution is -2.74. The smallest absolute Gasteiger partial charge is 0.246 e. The highest BCUT2D eigenvalue weighted by molar-refractivity contribution is 8.00. The Balaban J connectivity index is 1.76.